The van der Waals surface area contributed by atoms with E-state index in [-0.39, 0.29) is 21.8 Å². The van der Waals surface area contributed by atoms with Gasteiger partial charge in [0.15, 0.2) is 0 Å². The van der Waals surface area contributed by atoms with Crippen LogP contribution in [0.4, 0.5) is 11.4 Å². The SMILES string of the molecule is O=C1NN(c2ccc(Br)cc2)C(=O)/C1=C/c1cc([N+](=O)[O-])ccc1Cl. The van der Waals surface area contributed by atoms with E-state index in [9.17, 15) is 19.7 Å². The van der Waals surface area contributed by atoms with Crippen LogP contribution in [0.25, 0.3) is 6.08 Å². The van der Waals surface area contributed by atoms with Gasteiger partial charge in [0.2, 0.25) is 0 Å². The monoisotopic (exact) mass is 421 g/mol. The van der Waals surface area contributed by atoms with Crippen LogP contribution in [0.5, 0.6) is 0 Å². The van der Waals surface area contributed by atoms with Crippen molar-refractivity contribution in [3.63, 3.8) is 0 Å². The molecule has 1 aliphatic rings. The van der Waals surface area contributed by atoms with Crippen LogP contribution in [0.2, 0.25) is 5.02 Å². The lowest BCUT2D eigenvalue weighted by Crippen LogP contribution is -2.35. The van der Waals surface area contributed by atoms with Crippen LogP contribution < -0.4 is 10.4 Å². The molecule has 2 amide bonds. The van der Waals surface area contributed by atoms with E-state index in [1.54, 1.807) is 24.3 Å². The first-order chi connectivity index (χ1) is 11.9. The fourth-order valence-corrected chi connectivity index (χ4v) is 2.68. The van der Waals surface area contributed by atoms with E-state index in [1.165, 1.54) is 24.3 Å². The van der Waals surface area contributed by atoms with Gasteiger partial charge in [-0.25, -0.2) is 5.01 Å². The highest BCUT2D eigenvalue weighted by Gasteiger charge is 2.34. The fraction of sp³-hybridized carbons (Fsp3) is 0. The first kappa shape index (κ1) is 17.1. The van der Waals surface area contributed by atoms with E-state index in [0.29, 0.717) is 5.69 Å². The number of hydrogen-bond acceptors (Lipinski definition) is 4. The first-order valence-corrected chi connectivity index (χ1v) is 8.10. The molecule has 1 heterocycles. The van der Waals surface area contributed by atoms with E-state index < -0.39 is 16.7 Å². The normalized spacial score (nSPS) is 15.6. The van der Waals surface area contributed by atoms with Crippen LogP contribution in [0.3, 0.4) is 0 Å². The smallest absolute Gasteiger partial charge is 0.267 e. The molecule has 7 nitrogen and oxygen atoms in total. The summed E-state index contributed by atoms with van der Waals surface area (Å²) in [6.45, 7) is 0. The Morgan fingerprint density at radius 1 is 1.16 bits per heavy atom. The molecule has 0 radical (unpaired) electrons. The molecule has 0 atom stereocenters. The molecule has 0 spiro atoms. The number of hydrazine groups is 1. The number of nitrogens with zero attached hydrogens (tertiary/aromatic N) is 2. The molecule has 126 valence electrons. The number of nitrogens with one attached hydrogen (secondary N) is 1. The van der Waals surface area contributed by atoms with Gasteiger partial charge in [-0.2, -0.15) is 0 Å². The Balaban J connectivity index is 1.98. The summed E-state index contributed by atoms with van der Waals surface area (Å²) in [4.78, 5) is 35.0. The minimum absolute atomic E-state index is 0.162. The molecule has 2 aromatic rings. The number of rotatable bonds is 3. The van der Waals surface area contributed by atoms with Crippen molar-refractivity contribution >= 4 is 56.8 Å². The number of carbonyl (C=O) groups excluding carboxylic acids is 2. The quantitative estimate of drug-likeness (QED) is 0.355. The lowest BCUT2D eigenvalue weighted by Gasteiger charge is -2.14. The topological polar surface area (TPSA) is 92.6 Å². The highest BCUT2D eigenvalue weighted by atomic mass is 79.9. The largest absolute Gasteiger partial charge is 0.282 e. The molecule has 0 unspecified atom stereocenters. The van der Waals surface area contributed by atoms with Crippen LogP contribution in [-0.2, 0) is 9.59 Å². The average Bonchev–Trinajstić information content (AvgIpc) is 2.85. The van der Waals surface area contributed by atoms with Crippen molar-refractivity contribution in [3.05, 3.63) is 73.2 Å². The molecule has 1 fully saturated rings. The van der Waals surface area contributed by atoms with Crippen LogP contribution in [-0.4, -0.2) is 16.7 Å². The summed E-state index contributed by atoms with van der Waals surface area (Å²) in [5, 5.41) is 12.2. The van der Waals surface area contributed by atoms with Crippen molar-refractivity contribution in [1.82, 2.24) is 5.43 Å². The van der Waals surface area contributed by atoms with Gasteiger partial charge in [-0.1, -0.05) is 27.5 Å². The minimum Gasteiger partial charge on any atom is -0.267 e. The molecule has 0 bridgehead atoms. The first-order valence-electron chi connectivity index (χ1n) is 6.93. The van der Waals surface area contributed by atoms with Gasteiger partial charge in [0, 0.05) is 27.2 Å². The zero-order chi connectivity index (χ0) is 18.1. The van der Waals surface area contributed by atoms with Gasteiger partial charge in [0.1, 0.15) is 5.57 Å². The number of carbonyl (C=O) groups is 2. The van der Waals surface area contributed by atoms with Gasteiger partial charge in [0.05, 0.1) is 10.6 Å². The number of hydrogen-bond donors (Lipinski definition) is 1. The van der Waals surface area contributed by atoms with Crippen molar-refractivity contribution in [2.75, 3.05) is 5.01 Å². The molecule has 0 aliphatic carbocycles. The zero-order valence-corrected chi connectivity index (χ0v) is 14.7. The number of nitro groups is 1. The molecular weight excluding hydrogens is 414 g/mol. The molecule has 1 aliphatic heterocycles. The van der Waals surface area contributed by atoms with Crippen molar-refractivity contribution in [1.29, 1.82) is 0 Å². The number of nitro benzene ring substituents is 1. The van der Waals surface area contributed by atoms with E-state index in [2.05, 4.69) is 21.4 Å². The number of non-ortho nitro benzene ring substituents is 1. The summed E-state index contributed by atoms with van der Waals surface area (Å²) in [6, 6.07) is 10.6. The third kappa shape index (κ3) is 3.40. The maximum atomic E-state index is 12.5. The molecule has 25 heavy (non-hydrogen) atoms. The molecule has 0 aromatic heterocycles. The van der Waals surface area contributed by atoms with E-state index in [4.69, 9.17) is 11.6 Å². The number of amides is 2. The maximum Gasteiger partial charge on any atom is 0.282 e. The summed E-state index contributed by atoms with van der Waals surface area (Å²) < 4.78 is 0.827. The molecule has 1 N–H and O–H groups in total. The van der Waals surface area contributed by atoms with Gasteiger partial charge in [0.25, 0.3) is 17.5 Å². The van der Waals surface area contributed by atoms with Gasteiger partial charge < -0.3 is 0 Å². The second-order valence-corrected chi connectivity index (χ2v) is 6.40. The van der Waals surface area contributed by atoms with E-state index >= 15 is 0 Å². The summed E-state index contributed by atoms with van der Waals surface area (Å²) in [5.74, 6) is -1.19. The van der Waals surface area contributed by atoms with Crippen molar-refractivity contribution in [2.45, 2.75) is 0 Å². The summed E-state index contributed by atoms with van der Waals surface area (Å²) in [5.41, 5.74) is 2.80. The molecule has 9 heteroatoms. The molecule has 3 rings (SSSR count). The van der Waals surface area contributed by atoms with Crippen molar-refractivity contribution in [3.8, 4) is 0 Å². The Morgan fingerprint density at radius 2 is 1.84 bits per heavy atom. The highest BCUT2D eigenvalue weighted by molar-refractivity contribution is 9.10. The van der Waals surface area contributed by atoms with E-state index in [1.807, 2.05) is 0 Å². The average molecular weight is 423 g/mol. The van der Waals surface area contributed by atoms with Gasteiger partial charge in [-0.3, -0.25) is 25.1 Å². The Kier molecular flexibility index (Phi) is 4.56. The fourth-order valence-electron chi connectivity index (χ4n) is 2.24. The van der Waals surface area contributed by atoms with Gasteiger partial charge >= 0.3 is 0 Å². The van der Waals surface area contributed by atoms with E-state index in [0.717, 1.165) is 9.48 Å². The lowest BCUT2D eigenvalue weighted by molar-refractivity contribution is -0.384. The highest BCUT2D eigenvalue weighted by Crippen LogP contribution is 2.27. The lowest BCUT2D eigenvalue weighted by atomic mass is 10.1. The van der Waals surface area contributed by atoms with Crippen LogP contribution in [0, 0.1) is 10.1 Å². The molecule has 0 saturated carbocycles. The molecular formula is C16H9BrClN3O4. The Morgan fingerprint density at radius 3 is 2.48 bits per heavy atom. The number of anilines is 1. The van der Waals surface area contributed by atoms with Crippen LogP contribution in [0.1, 0.15) is 5.56 Å². The second kappa shape index (κ2) is 6.66. The summed E-state index contributed by atoms with van der Waals surface area (Å²) in [6.07, 6.45) is 1.24. The summed E-state index contributed by atoms with van der Waals surface area (Å²) >= 11 is 9.31. The third-order valence-electron chi connectivity index (χ3n) is 3.47. The number of benzene rings is 2. The third-order valence-corrected chi connectivity index (χ3v) is 4.34. The molecule has 2 aromatic carbocycles. The second-order valence-electron chi connectivity index (χ2n) is 5.08. The Hall–Kier alpha value is -2.71. The minimum atomic E-state index is -0.615. The van der Waals surface area contributed by atoms with Crippen LogP contribution >= 0.6 is 27.5 Å². The predicted molar refractivity (Wildman–Crippen MR) is 95.9 cm³/mol. The van der Waals surface area contributed by atoms with Gasteiger partial charge in [-0.15, -0.1) is 0 Å². The van der Waals surface area contributed by atoms with Gasteiger partial charge in [-0.05, 0) is 36.4 Å². The number of halogens is 2. The summed E-state index contributed by atoms with van der Waals surface area (Å²) in [7, 11) is 0. The van der Waals surface area contributed by atoms with Crippen LogP contribution in [0.15, 0.2) is 52.5 Å². The Labute approximate surface area is 155 Å². The maximum absolute atomic E-state index is 12.5. The van der Waals surface area contributed by atoms with Crippen molar-refractivity contribution in [2.24, 2.45) is 0 Å². The predicted octanol–water partition coefficient (Wildman–Crippen LogP) is 3.47. The molecule has 1 saturated heterocycles. The zero-order valence-electron chi connectivity index (χ0n) is 12.4. The standard InChI is InChI=1S/C16H9BrClN3O4/c17-10-1-3-11(4-2-10)20-16(23)13(15(22)19-20)8-9-7-12(21(24)25)5-6-14(9)18/h1-8H,(H,19,22)/b13-8+. The van der Waals surface area contributed by atoms with Crippen molar-refractivity contribution < 1.29 is 14.5 Å². The Bertz CT molecular complexity index is 927.